The van der Waals surface area contributed by atoms with Crippen LogP contribution in [0.5, 0.6) is 11.5 Å². The number of likely N-dealkylation sites (tertiary alicyclic amines) is 1. The Morgan fingerprint density at radius 1 is 1.20 bits per heavy atom. The lowest BCUT2D eigenvalue weighted by Crippen LogP contribution is -2.42. The predicted molar refractivity (Wildman–Crippen MR) is 155 cm³/mol. The Bertz CT molecular complexity index is 1320. The number of aromatic nitrogens is 3. The molecule has 1 fully saturated rings. The molecule has 3 aromatic rings. The van der Waals surface area contributed by atoms with E-state index in [1.807, 2.05) is 20.8 Å². The van der Waals surface area contributed by atoms with E-state index in [9.17, 15) is 14.0 Å². The minimum absolute atomic E-state index is 0.267. The SMILES string of the molecule is COC(=O)CCSc1cnc(Nc2nc(CC3CCN(C(=O)OC(C)(C)C)CC3)ns2)c(Oc2ccc(F)cc2)c1. The number of pyridine rings is 1. The lowest BCUT2D eigenvalue weighted by Gasteiger charge is -2.33. The van der Waals surface area contributed by atoms with E-state index in [1.165, 1.54) is 54.7 Å². The van der Waals surface area contributed by atoms with E-state index in [4.69, 9.17) is 14.2 Å². The number of nitrogens with one attached hydrogen (secondary N) is 1. The monoisotopic (exact) mass is 603 g/mol. The molecule has 2 aromatic heterocycles. The second-order valence-corrected chi connectivity index (χ2v) is 12.4. The molecule has 0 saturated carbocycles. The van der Waals surface area contributed by atoms with Gasteiger partial charge in [-0.3, -0.25) is 4.79 Å². The molecule has 0 spiro atoms. The van der Waals surface area contributed by atoms with Gasteiger partial charge in [-0.25, -0.2) is 19.2 Å². The van der Waals surface area contributed by atoms with Crippen molar-refractivity contribution in [3.05, 3.63) is 48.2 Å². The lowest BCUT2D eigenvalue weighted by molar-refractivity contribution is -0.140. The number of nitrogens with zero attached hydrogens (tertiary/aromatic N) is 4. The number of carbonyl (C=O) groups excluding carboxylic acids is 2. The molecule has 1 saturated heterocycles. The molecule has 1 amide bonds. The Balaban J connectivity index is 1.38. The molecular weight excluding hydrogens is 569 g/mol. The Morgan fingerprint density at radius 3 is 2.61 bits per heavy atom. The molecule has 13 heteroatoms. The molecule has 0 bridgehead atoms. The number of esters is 1. The van der Waals surface area contributed by atoms with Gasteiger partial charge in [0.05, 0.1) is 13.5 Å². The maximum Gasteiger partial charge on any atom is 0.410 e. The number of hydrogen-bond acceptors (Lipinski definition) is 11. The molecule has 0 unspecified atom stereocenters. The maximum atomic E-state index is 13.4. The minimum atomic E-state index is -0.510. The highest BCUT2D eigenvalue weighted by molar-refractivity contribution is 7.99. The number of anilines is 2. The number of ether oxygens (including phenoxy) is 3. The first-order valence-electron chi connectivity index (χ1n) is 13.3. The third kappa shape index (κ3) is 9.56. The molecule has 1 aliphatic heterocycles. The quantitative estimate of drug-likeness (QED) is 0.205. The van der Waals surface area contributed by atoms with Crippen molar-refractivity contribution in [1.82, 2.24) is 19.2 Å². The van der Waals surface area contributed by atoms with Gasteiger partial charge >= 0.3 is 12.1 Å². The van der Waals surface area contributed by atoms with Gasteiger partial charge in [0, 0.05) is 47.9 Å². The highest BCUT2D eigenvalue weighted by atomic mass is 32.2. The van der Waals surface area contributed by atoms with Crippen molar-refractivity contribution in [2.75, 3.05) is 31.3 Å². The molecule has 1 aliphatic rings. The molecule has 1 N–H and O–H groups in total. The summed E-state index contributed by atoms with van der Waals surface area (Å²) in [5.74, 6) is 2.27. The Kier molecular flexibility index (Phi) is 10.4. The fourth-order valence-electron chi connectivity index (χ4n) is 4.05. The van der Waals surface area contributed by atoms with Crippen molar-refractivity contribution in [3.63, 3.8) is 0 Å². The average Bonchev–Trinajstić information content (AvgIpc) is 3.37. The number of methoxy groups -OCH3 is 1. The molecule has 0 radical (unpaired) electrons. The molecule has 220 valence electrons. The second kappa shape index (κ2) is 13.9. The van der Waals surface area contributed by atoms with Crippen LogP contribution in [0.15, 0.2) is 41.4 Å². The van der Waals surface area contributed by atoms with E-state index in [0.29, 0.717) is 53.6 Å². The summed E-state index contributed by atoms with van der Waals surface area (Å²) in [6, 6.07) is 7.52. The van der Waals surface area contributed by atoms with Crippen molar-refractivity contribution in [3.8, 4) is 11.5 Å². The van der Waals surface area contributed by atoms with Crippen LogP contribution < -0.4 is 10.1 Å². The Hall–Kier alpha value is -3.45. The van der Waals surface area contributed by atoms with Crippen LogP contribution in [-0.4, -0.2) is 62.9 Å². The van der Waals surface area contributed by atoms with Crippen molar-refractivity contribution < 1.29 is 28.2 Å². The summed E-state index contributed by atoms with van der Waals surface area (Å²) >= 11 is 2.67. The summed E-state index contributed by atoms with van der Waals surface area (Å²) in [6.45, 7) is 6.89. The smallest absolute Gasteiger partial charge is 0.410 e. The second-order valence-electron chi connectivity index (χ2n) is 10.5. The summed E-state index contributed by atoms with van der Waals surface area (Å²) in [7, 11) is 1.36. The maximum absolute atomic E-state index is 13.4. The standard InChI is InChI=1S/C28H34FN5O5S2/c1-28(2,3)39-27(36)34-12-9-18(10-13-34)15-23-31-26(41-33-23)32-25-22(38-20-7-5-19(29)6-8-20)16-21(17-30-25)40-14-11-24(35)37-4/h5-8,16-18H,9-15H2,1-4H3,(H,30,31,32,33). The molecule has 3 heterocycles. The number of amides is 1. The predicted octanol–water partition coefficient (Wildman–Crippen LogP) is 6.45. The molecule has 1 aromatic carbocycles. The molecule has 0 aliphatic carbocycles. The van der Waals surface area contributed by atoms with Gasteiger partial charge in [0.2, 0.25) is 5.13 Å². The van der Waals surface area contributed by atoms with E-state index < -0.39 is 5.60 Å². The molecule has 4 rings (SSSR count). The van der Waals surface area contributed by atoms with Crippen LogP contribution in [-0.2, 0) is 20.7 Å². The highest BCUT2D eigenvalue weighted by Crippen LogP contribution is 2.34. The summed E-state index contributed by atoms with van der Waals surface area (Å²) in [6.07, 6.45) is 4.10. The van der Waals surface area contributed by atoms with Crippen LogP contribution in [0.4, 0.5) is 20.1 Å². The molecule has 0 atom stereocenters. The van der Waals surface area contributed by atoms with E-state index in [2.05, 4.69) is 19.7 Å². The van der Waals surface area contributed by atoms with Gasteiger partial charge < -0.3 is 24.4 Å². The van der Waals surface area contributed by atoms with Crippen LogP contribution in [0.25, 0.3) is 0 Å². The first-order valence-corrected chi connectivity index (χ1v) is 15.0. The van der Waals surface area contributed by atoms with Crippen LogP contribution >= 0.6 is 23.3 Å². The van der Waals surface area contributed by atoms with Gasteiger partial charge in [0.1, 0.15) is 23.0 Å². The summed E-state index contributed by atoms with van der Waals surface area (Å²) in [4.78, 5) is 35.5. The third-order valence-electron chi connectivity index (χ3n) is 6.10. The number of halogens is 1. The highest BCUT2D eigenvalue weighted by Gasteiger charge is 2.27. The minimum Gasteiger partial charge on any atom is -0.469 e. The summed E-state index contributed by atoms with van der Waals surface area (Å²) in [5.41, 5.74) is -0.510. The topological polar surface area (TPSA) is 116 Å². The van der Waals surface area contributed by atoms with Gasteiger partial charge in [-0.1, -0.05) is 0 Å². The number of carbonyl (C=O) groups is 2. The molecule has 41 heavy (non-hydrogen) atoms. The molecular formula is C28H34FN5O5S2. The third-order valence-corrected chi connectivity index (χ3v) is 7.74. The summed E-state index contributed by atoms with van der Waals surface area (Å²) < 4.78 is 34.2. The zero-order valence-corrected chi connectivity index (χ0v) is 25.1. The van der Waals surface area contributed by atoms with Gasteiger partial charge in [0.15, 0.2) is 11.6 Å². The van der Waals surface area contributed by atoms with E-state index in [1.54, 1.807) is 17.2 Å². The fourth-order valence-corrected chi connectivity index (χ4v) is 5.47. The number of benzene rings is 1. The van der Waals surface area contributed by atoms with Gasteiger partial charge in [-0.2, -0.15) is 4.37 Å². The number of hydrogen-bond donors (Lipinski definition) is 1. The van der Waals surface area contributed by atoms with E-state index >= 15 is 0 Å². The van der Waals surface area contributed by atoms with Crippen molar-refractivity contribution in [2.45, 2.75) is 57.0 Å². The van der Waals surface area contributed by atoms with Crippen LogP contribution in [0, 0.1) is 11.7 Å². The normalized spacial score (nSPS) is 14.0. The number of rotatable bonds is 10. The Labute approximate surface area is 247 Å². The largest absolute Gasteiger partial charge is 0.469 e. The van der Waals surface area contributed by atoms with Crippen molar-refractivity contribution in [1.29, 1.82) is 0 Å². The van der Waals surface area contributed by atoms with Crippen molar-refractivity contribution >= 4 is 46.3 Å². The first kappa shape index (κ1) is 30.5. The summed E-state index contributed by atoms with van der Waals surface area (Å²) in [5, 5.41) is 3.76. The zero-order chi connectivity index (χ0) is 29.4. The van der Waals surface area contributed by atoms with Crippen LogP contribution in [0.2, 0.25) is 0 Å². The lowest BCUT2D eigenvalue weighted by atomic mass is 9.93. The van der Waals surface area contributed by atoms with E-state index in [-0.39, 0.29) is 24.3 Å². The van der Waals surface area contributed by atoms with Gasteiger partial charge in [0.25, 0.3) is 0 Å². The number of thioether (sulfide) groups is 1. The average molecular weight is 604 g/mol. The van der Waals surface area contributed by atoms with Crippen LogP contribution in [0.3, 0.4) is 0 Å². The van der Waals surface area contributed by atoms with Gasteiger partial charge in [-0.05, 0) is 69.9 Å². The number of piperidine rings is 1. The fraction of sp³-hybridized carbons (Fsp3) is 0.464. The van der Waals surface area contributed by atoms with Gasteiger partial charge in [-0.15, -0.1) is 11.8 Å². The Morgan fingerprint density at radius 2 is 1.93 bits per heavy atom. The molecule has 10 nitrogen and oxygen atoms in total. The van der Waals surface area contributed by atoms with Crippen LogP contribution in [0.1, 0.15) is 45.9 Å². The first-order chi connectivity index (χ1) is 19.6. The van der Waals surface area contributed by atoms with Crippen molar-refractivity contribution in [2.24, 2.45) is 5.92 Å². The van der Waals surface area contributed by atoms with E-state index in [0.717, 1.165) is 23.6 Å². The zero-order valence-electron chi connectivity index (χ0n) is 23.5.